The SMILES string of the molecule is CN(C)CCN.O=C(O)/C=C\C(=O)O. The van der Waals surface area contributed by atoms with E-state index < -0.39 is 11.9 Å². The molecule has 82 valence electrons. The quantitative estimate of drug-likeness (QED) is 0.519. The van der Waals surface area contributed by atoms with Gasteiger partial charge >= 0.3 is 11.9 Å². The van der Waals surface area contributed by atoms with Crippen molar-refractivity contribution in [2.24, 2.45) is 5.73 Å². The average Bonchev–Trinajstić information content (AvgIpc) is 2.01. The van der Waals surface area contributed by atoms with Gasteiger partial charge in [0.1, 0.15) is 0 Å². The van der Waals surface area contributed by atoms with Crippen molar-refractivity contribution in [3.63, 3.8) is 0 Å². The molecule has 0 aliphatic carbocycles. The number of hydrogen-bond donors (Lipinski definition) is 3. The van der Waals surface area contributed by atoms with Crippen LogP contribution in [0, 0.1) is 0 Å². The normalized spacial score (nSPS) is 9.71. The van der Waals surface area contributed by atoms with Gasteiger partial charge in [-0.2, -0.15) is 0 Å². The largest absolute Gasteiger partial charge is 0.478 e. The van der Waals surface area contributed by atoms with Gasteiger partial charge < -0.3 is 20.8 Å². The van der Waals surface area contributed by atoms with Crippen LogP contribution in [-0.2, 0) is 9.59 Å². The summed E-state index contributed by atoms with van der Waals surface area (Å²) in [6, 6.07) is 0. The summed E-state index contributed by atoms with van der Waals surface area (Å²) >= 11 is 0. The van der Waals surface area contributed by atoms with Gasteiger partial charge in [-0.05, 0) is 14.1 Å². The zero-order valence-electron chi connectivity index (χ0n) is 8.30. The van der Waals surface area contributed by atoms with Gasteiger partial charge in [0.2, 0.25) is 0 Å². The van der Waals surface area contributed by atoms with Gasteiger partial charge in [-0.25, -0.2) is 9.59 Å². The summed E-state index contributed by atoms with van der Waals surface area (Å²) in [5, 5.41) is 15.6. The number of carboxylic acids is 2. The highest BCUT2D eigenvalue weighted by molar-refractivity contribution is 5.89. The molecule has 0 aliphatic heterocycles. The van der Waals surface area contributed by atoms with Gasteiger partial charge in [0.25, 0.3) is 0 Å². The van der Waals surface area contributed by atoms with Crippen molar-refractivity contribution < 1.29 is 19.8 Å². The van der Waals surface area contributed by atoms with Gasteiger partial charge in [0.15, 0.2) is 0 Å². The number of nitrogens with two attached hydrogens (primary N) is 1. The van der Waals surface area contributed by atoms with Gasteiger partial charge in [0, 0.05) is 25.2 Å². The van der Waals surface area contributed by atoms with Crippen molar-refractivity contribution in [3.05, 3.63) is 12.2 Å². The van der Waals surface area contributed by atoms with E-state index in [-0.39, 0.29) is 0 Å². The second kappa shape index (κ2) is 9.69. The van der Waals surface area contributed by atoms with Crippen LogP contribution >= 0.6 is 0 Å². The van der Waals surface area contributed by atoms with E-state index >= 15 is 0 Å². The highest BCUT2D eigenvalue weighted by Gasteiger charge is 1.88. The van der Waals surface area contributed by atoms with Crippen molar-refractivity contribution in [2.75, 3.05) is 27.2 Å². The summed E-state index contributed by atoms with van der Waals surface area (Å²) < 4.78 is 0. The first-order valence-electron chi connectivity index (χ1n) is 3.89. The van der Waals surface area contributed by atoms with E-state index in [2.05, 4.69) is 4.90 Å². The molecule has 0 aromatic carbocycles. The maximum atomic E-state index is 9.55. The van der Waals surface area contributed by atoms with E-state index in [1.807, 2.05) is 14.1 Å². The first-order chi connectivity index (χ1) is 6.40. The zero-order valence-corrected chi connectivity index (χ0v) is 8.30. The molecule has 6 heteroatoms. The second-order valence-electron chi connectivity index (χ2n) is 2.60. The molecule has 4 N–H and O–H groups in total. The second-order valence-corrected chi connectivity index (χ2v) is 2.60. The third kappa shape index (κ3) is 22.4. The first-order valence-corrected chi connectivity index (χ1v) is 3.89. The minimum Gasteiger partial charge on any atom is -0.478 e. The van der Waals surface area contributed by atoms with Gasteiger partial charge in [0.05, 0.1) is 0 Å². The monoisotopic (exact) mass is 204 g/mol. The molecule has 0 radical (unpaired) electrons. The molecule has 0 aromatic heterocycles. The Morgan fingerprint density at radius 2 is 1.57 bits per heavy atom. The molecule has 0 aliphatic rings. The standard InChI is InChI=1S/C4H12N2.C4H4O4/c1-6(2)4-3-5;5-3(6)1-2-4(7)8/h3-5H2,1-2H3;1-2H,(H,5,6)(H,7,8)/b;2-1-. The Morgan fingerprint density at radius 1 is 1.21 bits per heavy atom. The van der Waals surface area contributed by atoms with E-state index in [0.717, 1.165) is 13.1 Å². The van der Waals surface area contributed by atoms with Crippen LogP contribution in [-0.4, -0.2) is 54.2 Å². The molecule has 0 saturated heterocycles. The zero-order chi connectivity index (χ0) is 11.6. The van der Waals surface area contributed by atoms with Crippen LogP contribution in [0.25, 0.3) is 0 Å². The molecule has 0 aromatic rings. The molecule has 14 heavy (non-hydrogen) atoms. The van der Waals surface area contributed by atoms with Gasteiger partial charge in [-0.1, -0.05) is 0 Å². The maximum absolute atomic E-state index is 9.55. The predicted octanol–water partition coefficient (Wildman–Crippen LogP) is -0.781. The summed E-state index contributed by atoms with van der Waals surface area (Å²) in [6.07, 6.45) is 1.12. The molecule has 0 heterocycles. The number of carboxylic acid groups (broad SMARTS) is 2. The number of nitrogens with zero attached hydrogens (tertiary/aromatic N) is 1. The van der Waals surface area contributed by atoms with E-state index in [9.17, 15) is 9.59 Å². The molecule has 0 unspecified atom stereocenters. The third-order valence-corrected chi connectivity index (χ3v) is 0.945. The summed E-state index contributed by atoms with van der Waals surface area (Å²) in [4.78, 5) is 21.2. The molecular weight excluding hydrogens is 188 g/mol. The van der Waals surface area contributed by atoms with Crippen molar-refractivity contribution in [3.8, 4) is 0 Å². The Balaban J connectivity index is 0. The molecule has 0 atom stereocenters. The lowest BCUT2D eigenvalue weighted by Gasteiger charge is -2.03. The number of rotatable bonds is 4. The van der Waals surface area contributed by atoms with Crippen LogP contribution in [0.2, 0.25) is 0 Å². The summed E-state index contributed by atoms with van der Waals surface area (Å²) in [7, 11) is 4.01. The van der Waals surface area contributed by atoms with Crippen LogP contribution in [0.1, 0.15) is 0 Å². The summed E-state index contributed by atoms with van der Waals surface area (Å²) in [6.45, 7) is 1.74. The van der Waals surface area contributed by atoms with Gasteiger partial charge in [-0.3, -0.25) is 0 Å². The molecule has 0 amide bonds. The van der Waals surface area contributed by atoms with Crippen molar-refractivity contribution in [1.82, 2.24) is 4.90 Å². The maximum Gasteiger partial charge on any atom is 0.328 e. The predicted molar refractivity (Wildman–Crippen MR) is 52.0 cm³/mol. The lowest BCUT2D eigenvalue weighted by molar-refractivity contribution is -0.134. The van der Waals surface area contributed by atoms with E-state index in [1.165, 1.54) is 0 Å². The molecule has 0 saturated carbocycles. The summed E-state index contributed by atoms with van der Waals surface area (Å²) in [5.41, 5.74) is 5.19. The highest BCUT2D eigenvalue weighted by Crippen LogP contribution is 1.70. The van der Waals surface area contributed by atoms with Crippen molar-refractivity contribution >= 4 is 11.9 Å². The van der Waals surface area contributed by atoms with Crippen LogP contribution in [0.5, 0.6) is 0 Å². The fourth-order valence-electron chi connectivity index (χ4n) is 0.401. The molecule has 0 fully saturated rings. The number of aliphatic carboxylic acids is 2. The van der Waals surface area contributed by atoms with E-state index in [0.29, 0.717) is 12.2 Å². The minimum absolute atomic E-state index is 0.558. The fraction of sp³-hybridized carbons (Fsp3) is 0.500. The molecule has 0 rings (SSSR count). The summed E-state index contributed by atoms with van der Waals surface area (Å²) in [5.74, 6) is -2.51. The van der Waals surface area contributed by atoms with E-state index in [1.54, 1.807) is 0 Å². The Hall–Kier alpha value is -1.40. The van der Waals surface area contributed by atoms with Crippen molar-refractivity contribution in [2.45, 2.75) is 0 Å². The fourth-order valence-corrected chi connectivity index (χ4v) is 0.401. The third-order valence-electron chi connectivity index (χ3n) is 0.945. The first kappa shape index (κ1) is 15.1. The lowest BCUT2D eigenvalue weighted by Crippen LogP contribution is -2.20. The Morgan fingerprint density at radius 3 is 1.64 bits per heavy atom. The van der Waals surface area contributed by atoms with Gasteiger partial charge in [-0.15, -0.1) is 0 Å². The minimum atomic E-state index is -1.26. The molecule has 0 bridgehead atoms. The topological polar surface area (TPSA) is 104 Å². The molecular formula is C8H16N2O4. The van der Waals surface area contributed by atoms with E-state index in [4.69, 9.17) is 15.9 Å². The number of hydrogen-bond acceptors (Lipinski definition) is 4. The van der Waals surface area contributed by atoms with Crippen LogP contribution < -0.4 is 5.73 Å². The molecule has 0 spiro atoms. The van der Waals surface area contributed by atoms with Crippen LogP contribution in [0.15, 0.2) is 12.2 Å². The highest BCUT2D eigenvalue weighted by atomic mass is 16.4. The number of likely N-dealkylation sites (N-methyl/N-ethyl adjacent to an activating group) is 1. The van der Waals surface area contributed by atoms with Crippen LogP contribution in [0.4, 0.5) is 0 Å². The Labute approximate surface area is 82.6 Å². The molecule has 6 nitrogen and oxygen atoms in total. The lowest BCUT2D eigenvalue weighted by atomic mass is 10.5. The Bertz CT molecular complexity index is 186. The van der Waals surface area contributed by atoms with Crippen LogP contribution in [0.3, 0.4) is 0 Å². The Kier molecular flexibility index (Phi) is 10.4. The van der Waals surface area contributed by atoms with Crippen molar-refractivity contribution in [1.29, 1.82) is 0 Å². The number of carbonyl (C=O) groups is 2. The smallest absolute Gasteiger partial charge is 0.328 e. The average molecular weight is 204 g/mol.